The van der Waals surface area contributed by atoms with Crippen molar-refractivity contribution in [1.82, 2.24) is 16.0 Å². The van der Waals surface area contributed by atoms with Gasteiger partial charge in [-0.1, -0.05) is 66.2 Å². The summed E-state index contributed by atoms with van der Waals surface area (Å²) < 4.78 is 0. The van der Waals surface area contributed by atoms with Crippen LogP contribution in [-0.2, 0) is 16.0 Å². The van der Waals surface area contributed by atoms with Crippen molar-refractivity contribution in [3.63, 3.8) is 0 Å². The molecule has 0 aliphatic rings. The molecule has 0 fully saturated rings. The van der Waals surface area contributed by atoms with E-state index in [0.717, 1.165) is 5.56 Å². The third kappa shape index (κ3) is 8.99. The van der Waals surface area contributed by atoms with Crippen LogP contribution in [0, 0.1) is 6.92 Å². The van der Waals surface area contributed by atoms with Gasteiger partial charge in [0.2, 0.25) is 11.8 Å². The van der Waals surface area contributed by atoms with Crippen molar-refractivity contribution in [1.29, 1.82) is 0 Å². The summed E-state index contributed by atoms with van der Waals surface area (Å²) >= 11 is 0. The van der Waals surface area contributed by atoms with Crippen molar-refractivity contribution < 1.29 is 9.59 Å². The molecule has 0 aromatic heterocycles. The second kappa shape index (κ2) is 12.7. The summed E-state index contributed by atoms with van der Waals surface area (Å²) in [6.45, 7) is 4.68. The first-order valence-electron chi connectivity index (χ1n) is 8.84. The number of rotatable bonds is 7. The first-order chi connectivity index (χ1) is 12.6. The first kappa shape index (κ1) is 21.4. The average Bonchev–Trinajstić information content (AvgIpc) is 2.64. The van der Waals surface area contributed by atoms with Gasteiger partial charge in [-0.3, -0.25) is 9.59 Å². The lowest BCUT2D eigenvalue weighted by molar-refractivity contribution is -0.128. The second-order valence-corrected chi connectivity index (χ2v) is 5.89. The Hall–Kier alpha value is -2.66. The van der Waals surface area contributed by atoms with Crippen LogP contribution in [0.1, 0.15) is 18.1 Å². The summed E-state index contributed by atoms with van der Waals surface area (Å²) in [5.74, 6) is -0.342. The number of likely N-dealkylation sites (N-methyl/N-ethyl adjacent to an activating group) is 2. The molecule has 0 saturated carbocycles. The lowest BCUT2D eigenvalue weighted by Gasteiger charge is -2.18. The minimum Gasteiger partial charge on any atom is -0.355 e. The summed E-state index contributed by atoms with van der Waals surface area (Å²) in [6, 6.07) is 19.4. The number of hydrogen-bond acceptors (Lipinski definition) is 3. The molecule has 2 rings (SSSR count). The highest BCUT2D eigenvalue weighted by Crippen LogP contribution is 2.03. The van der Waals surface area contributed by atoms with Crippen LogP contribution in [0.15, 0.2) is 60.7 Å². The smallest absolute Gasteiger partial charge is 0.242 e. The minimum absolute atomic E-state index is 0.157. The fourth-order valence-corrected chi connectivity index (χ4v) is 2.30. The predicted octanol–water partition coefficient (Wildman–Crippen LogP) is 2.06. The van der Waals surface area contributed by atoms with E-state index in [9.17, 15) is 9.59 Å². The maximum atomic E-state index is 11.9. The van der Waals surface area contributed by atoms with Gasteiger partial charge in [0, 0.05) is 13.0 Å². The van der Waals surface area contributed by atoms with E-state index in [1.807, 2.05) is 55.5 Å². The van der Waals surface area contributed by atoms with Crippen molar-refractivity contribution in [2.24, 2.45) is 0 Å². The summed E-state index contributed by atoms with van der Waals surface area (Å²) in [7, 11) is 1.69. The van der Waals surface area contributed by atoms with Crippen LogP contribution < -0.4 is 16.0 Å². The maximum Gasteiger partial charge on any atom is 0.242 e. The highest BCUT2D eigenvalue weighted by atomic mass is 16.2. The van der Waals surface area contributed by atoms with E-state index in [1.54, 1.807) is 7.05 Å². The van der Waals surface area contributed by atoms with Gasteiger partial charge < -0.3 is 16.0 Å². The predicted molar refractivity (Wildman–Crippen MR) is 106 cm³/mol. The van der Waals surface area contributed by atoms with Gasteiger partial charge in [0.15, 0.2) is 0 Å². The number of hydrogen-bond donors (Lipinski definition) is 3. The van der Waals surface area contributed by atoms with Crippen LogP contribution in [-0.4, -0.2) is 38.0 Å². The van der Waals surface area contributed by atoms with E-state index in [2.05, 4.69) is 35.0 Å². The van der Waals surface area contributed by atoms with Gasteiger partial charge in [-0.25, -0.2) is 0 Å². The zero-order chi connectivity index (χ0) is 19.2. The van der Waals surface area contributed by atoms with Crippen LogP contribution in [0.3, 0.4) is 0 Å². The molecule has 0 heterocycles. The summed E-state index contributed by atoms with van der Waals surface area (Å²) in [6.07, 6.45) is 0.488. The Labute approximate surface area is 156 Å². The van der Waals surface area contributed by atoms with E-state index in [4.69, 9.17) is 0 Å². The Morgan fingerprint density at radius 1 is 0.962 bits per heavy atom. The second-order valence-electron chi connectivity index (χ2n) is 5.89. The number of carbonyl (C=O) groups excluding carboxylic acids is 2. The molecule has 2 aromatic rings. The van der Waals surface area contributed by atoms with Gasteiger partial charge in [-0.2, -0.15) is 0 Å². The largest absolute Gasteiger partial charge is 0.355 e. The molecule has 0 aliphatic heterocycles. The zero-order valence-electron chi connectivity index (χ0n) is 15.8. The van der Waals surface area contributed by atoms with Crippen LogP contribution >= 0.6 is 0 Å². The normalized spacial score (nSPS) is 10.9. The molecule has 0 bridgehead atoms. The van der Waals surface area contributed by atoms with Crippen molar-refractivity contribution in [2.45, 2.75) is 26.3 Å². The van der Waals surface area contributed by atoms with Gasteiger partial charge in [0.05, 0.1) is 6.54 Å². The van der Waals surface area contributed by atoms with Gasteiger partial charge in [-0.15, -0.1) is 0 Å². The summed E-state index contributed by atoms with van der Waals surface area (Å²) in [5, 5.41) is 8.24. The monoisotopic (exact) mass is 355 g/mol. The molecule has 2 aromatic carbocycles. The van der Waals surface area contributed by atoms with Gasteiger partial charge in [0.1, 0.15) is 6.04 Å². The minimum atomic E-state index is -0.539. The Morgan fingerprint density at radius 3 is 2.00 bits per heavy atom. The van der Waals surface area contributed by atoms with E-state index >= 15 is 0 Å². The SMILES string of the molecule is CCNC(=O)C(Cc1ccccc1)NC(=O)CNC.Cc1ccccc1. The number of nitrogens with one attached hydrogen (secondary N) is 3. The molecule has 0 radical (unpaired) electrons. The maximum absolute atomic E-state index is 11.9. The van der Waals surface area contributed by atoms with E-state index < -0.39 is 6.04 Å². The van der Waals surface area contributed by atoms with Crippen molar-refractivity contribution in [2.75, 3.05) is 20.1 Å². The molecule has 5 heteroatoms. The van der Waals surface area contributed by atoms with Crippen molar-refractivity contribution >= 4 is 11.8 Å². The van der Waals surface area contributed by atoms with E-state index in [-0.39, 0.29) is 18.4 Å². The molecule has 26 heavy (non-hydrogen) atoms. The summed E-state index contributed by atoms with van der Waals surface area (Å²) in [5.41, 5.74) is 2.34. The van der Waals surface area contributed by atoms with Crippen molar-refractivity contribution in [3.05, 3.63) is 71.8 Å². The number of amides is 2. The fourth-order valence-electron chi connectivity index (χ4n) is 2.30. The Kier molecular flexibility index (Phi) is 10.4. The first-order valence-corrected chi connectivity index (χ1v) is 8.84. The lowest BCUT2D eigenvalue weighted by atomic mass is 10.1. The number of aryl methyl sites for hydroxylation is 1. The quantitative estimate of drug-likeness (QED) is 0.712. The molecule has 5 nitrogen and oxygen atoms in total. The molecule has 2 amide bonds. The molecule has 140 valence electrons. The topological polar surface area (TPSA) is 70.2 Å². The third-order valence-corrected chi connectivity index (χ3v) is 3.56. The van der Waals surface area contributed by atoms with Gasteiger partial charge in [0.25, 0.3) is 0 Å². The van der Waals surface area contributed by atoms with Crippen LogP contribution in [0.2, 0.25) is 0 Å². The van der Waals surface area contributed by atoms with Crippen molar-refractivity contribution in [3.8, 4) is 0 Å². The van der Waals surface area contributed by atoms with Crippen LogP contribution in [0.4, 0.5) is 0 Å². The average molecular weight is 355 g/mol. The third-order valence-electron chi connectivity index (χ3n) is 3.56. The fraction of sp³-hybridized carbons (Fsp3) is 0.333. The van der Waals surface area contributed by atoms with E-state index in [0.29, 0.717) is 13.0 Å². The number of benzene rings is 2. The molecule has 1 unspecified atom stereocenters. The molecule has 0 saturated heterocycles. The molecule has 0 aliphatic carbocycles. The highest BCUT2D eigenvalue weighted by molar-refractivity contribution is 5.88. The van der Waals surface area contributed by atoms with E-state index in [1.165, 1.54) is 5.56 Å². The van der Waals surface area contributed by atoms with Crippen LogP contribution in [0.25, 0.3) is 0 Å². The van der Waals surface area contributed by atoms with Crippen LogP contribution in [0.5, 0.6) is 0 Å². The summed E-state index contributed by atoms with van der Waals surface area (Å²) in [4.78, 5) is 23.5. The highest BCUT2D eigenvalue weighted by Gasteiger charge is 2.20. The molecule has 1 atom stereocenters. The van der Waals surface area contributed by atoms with Gasteiger partial charge >= 0.3 is 0 Å². The lowest BCUT2D eigenvalue weighted by Crippen LogP contribution is -2.49. The Balaban J connectivity index is 0.000000401. The Bertz CT molecular complexity index is 645. The van der Waals surface area contributed by atoms with Gasteiger partial charge in [-0.05, 0) is 26.5 Å². The molecular formula is C21H29N3O2. The molecule has 3 N–H and O–H groups in total. The number of carbonyl (C=O) groups is 2. The Morgan fingerprint density at radius 2 is 1.54 bits per heavy atom. The molecular weight excluding hydrogens is 326 g/mol. The standard InChI is InChI=1S/C14H21N3O2.C7H8/c1-3-16-14(19)12(17-13(18)10-15-2)9-11-7-5-4-6-8-11;1-7-5-3-2-4-6-7/h4-8,12,15H,3,9-10H2,1-2H3,(H,16,19)(H,17,18);2-6H,1H3. The zero-order valence-corrected chi connectivity index (χ0v) is 15.8. The molecule has 0 spiro atoms.